The fourth-order valence-electron chi connectivity index (χ4n) is 2.34. The number of alkyl halides is 1. The van der Waals surface area contributed by atoms with Gasteiger partial charge < -0.3 is 0 Å². The normalized spacial score (nSPS) is 30.1. The number of hydrogen-bond acceptors (Lipinski definition) is 2. The maximum Gasteiger partial charge on any atom is 0.213 e. The fraction of sp³-hybridized carbons (Fsp3) is 1.00. The Morgan fingerprint density at radius 2 is 1.31 bits per heavy atom. The molecule has 1 aliphatic carbocycles. The highest BCUT2D eigenvalue weighted by Gasteiger charge is 2.19. The minimum absolute atomic E-state index is 0.154. The lowest BCUT2D eigenvalue weighted by atomic mass is 9.98. The minimum Gasteiger partial charge on any atom is -0.264 e. The molecule has 0 saturated heterocycles. The summed E-state index contributed by atoms with van der Waals surface area (Å²) in [6.07, 6.45) is 7.38. The van der Waals surface area contributed by atoms with Gasteiger partial charge in [-0.05, 0) is 25.7 Å². The summed E-state index contributed by atoms with van der Waals surface area (Å²) in [5.41, 5.74) is 0. The third kappa shape index (κ3) is 5.42. The highest BCUT2D eigenvalue weighted by molar-refractivity contribution is 4.63. The number of halogens is 1. The molecule has 0 amide bonds. The summed E-state index contributed by atoms with van der Waals surface area (Å²) in [5, 5.41) is 10.8. The zero-order valence-electron chi connectivity index (χ0n) is 9.87. The van der Waals surface area contributed by atoms with E-state index in [9.17, 15) is 14.5 Å². The van der Waals surface area contributed by atoms with E-state index in [1.54, 1.807) is 0 Å². The molecular weight excluding hydrogens is 209 g/mol. The Morgan fingerprint density at radius 3 is 1.88 bits per heavy atom. The molecular formula is C12H22FNO2. The van der Waals surface area contributed by atoms with Crippen molar-refractivity contribution in [1.82, 2.24) is 0 Å². The van der Waals surface area contributed by atoms with Crippen LogP contribution in [0.5, 0.6) is 0 Å². The first kappa shape index (κ1) is 13.4. The lowest BCUT2D eigenvalue weighted by molar-refractivity contribution is -0.524. The van der Waals surface area contributed by atoms with Gasteiger partial charge in [-0.1, -0.05) is 25.7 Å². The third-order valence-corrected chi connectivity index (χ3v) is 3.41. The molecule has 0 radical (unpaired) electrons. The first-order valence-electron chi connectivity index (χ1n) is 6.47. The van der Waals surface area contributed by atoms with Crippen molar-refractivity contribution in [1.29, 1.82) is 0 Å². The maximum atomic E-state index is 13.3. The number of rotatable bonds is 1. The van der Waals surface area contributed by atoms with Crippen molar-refractivity contribution in [2.45, 2.75) is 76.4 Å². The van der Waals surface area contributed by atoms with Crippen molar-refractivity contribution in [2.75, 3.05) is 0 Å². The van der Waals surface area contributed by atoms with Crippen molar-refractivity contribution in [3.63, 3.8) is 0 Å². The Bertz CT molecular complexity index is 211. The Labute approximate surface area is 96.6 Å². The lowest BCUT2D eigenvalue weighted by Crippen LogP contribution is -2.19. The summed E-state index contributed by atoms with van der Waals surface area (Å²) in [4.78, 5) is 10.6. The van der Waals surface area contributed by atoms with E-state index in [0.29, 0.717) is 25.7 Å². The van der Waals surface area contributed by atoms with Crippen LogP contribution in [0, 0.1) is 10.1 Å². The molecule has 1 fully saturated rings. The van der Waals surface area contributed by atoms with Gasteiger partial charge in [0, 0.05) is 17.8 Å². The van der Waals surface area contributed by atoms with Crippen molar-refractivity contribution in [3.8, 4) is 0 Å². The molecule has 0 aromatic carbocycles. The van der Waals surface area contributed by atoms with Gasteiger partial charge in [0.25, 0.3) is 0 Å². The molecule has 0 heterocycles. The van der Waals surface area contributed by atoms with Crippen LogP contribution in [0.1, 0.15) is 64.2 Å². The fourth-order valence-corrected chi connectivity index (χ4v) is 2.34. The van der Waals surface area contributed by atoms with E-state index in [-0.39, 0.29) is 4.92 Å². The van der Waals surface area contributed by atoms with E-state index in [2.05, 4.69) is 0 Å². The van der Waals surface area contributed by atoms with Crippen LogP contribution in [0.25, 0.3) is 0 Å². The van der Waals surface area contributed by atoms with Gasteiger partial charge in [0.2, 0.25) is 6.04 Å². The van der Waals surface area contributed by atoms with Gasteiger partial charge >= 0.3 is 0 Å². The Balaban J connectivity index is 2.35. The highest BCUT2D eigenvalue weighted by atomic mass is 19.1. The molecule has 3 nitrogen and oxygen atoms in total. The first-order chi connectivity index (χ1) is 7.70. The smallest absolute Gasteiger partial charge is 0.213 e. The summed E-state index contributed by atoms with van der Waals surface area (Å²) in [7, 11) is 0. The van der Waals surface area contributed by atoms with Gasteiger partial charge in [0.15, 0.2) is 0 Å². The molecule has 94 valence electrons. The van der Waals surface area contributed by atoms with Crippen LogP contribution in [0.2, 0.25) is 0 Å². The predicted molar refractivity (Wildman–Crippen MR) is 61.8 cm³/mol. The molecule has 2 unspecified atom stereocenters. The van der Waals surface area contributed by atoms with Gasteiger partial charge in [-0.15, -0.1) is 0 Å². The van der Waals surface area contributed by atoms with Gasteiger partial charge in [-0.2, -0.15) is 0 Å². The van der Waals surface area contributed by atoms with Crippen LogP contribution in [-0.4, -0.2) is 17.1 Å². The topological polar surface area (TPSA) is 43.1 Å². The standard InChI is InChI=1S/C12H22FNO2/c13-11-7-3-1-2-4-9-12(14(15)16)10-6-5-8-11/h11-12H,1-10H2. The van der Waals surface area contributed by atoms with Crippen LogP contribution in [0.4, 0.5) is 4.39 Å². The molecule has 0 spiro atoms. The Morgan fingerprint density at radius 1 is 0.875 bits per heavy atom. The quantitative estimate of drug-likeness (QED) is 0.507. The molecule has 4 heteroatoms. The van der Waals surface area contributed by atoms with E-state index >= 15 is 0 Å². The molecule has 16 heavy (non-hydrogen) atoms. The molecule has 1 saturated carbocycles. The number of hydrogen-bond donors (Lipinski definition) is 0. The summed E-state index contributed by atoms with van der Waals surface area (Å²) in [5.74, 6) is 0. The lowest BCUT2D eigenvalue weighted by Gasteiger charge is -2.12. The monoisotopic (exact) mass is 231 g/mol. The van der Waals surface area contributed by atoms with Crippen molar-refractivity contribution < 1.29 is 9.31 Å². The van der Waals surface area contributed by atoms with E-state index < -0.39 is 12.2 Å². The summed E-state index contributed by atoms with van der Waals surface area (Å²) in [6, 6.07) is -0.391. The van der Waals surface area contributed by atoms with E-state index in [4.69, 9.17) is 0 Å². The maximum absolute atomic E-state index is 13.3. The zero-order valence-corrected chi connectivity index (χ0v) is 9.87. The molecule has 0 bridgehead atoms. The van der Waals surface area contributed by atoms with Crippen LogP contribution in [-0.2, 0) is 0 Å². The second kappa shape index (κ2) is 7.58. The number of nitro groups is 1. The highest BCUT2D eigenvalue weighted by Crippen LogP contribution is 2.19. The molecule has 2 atom stereocenters. The Hall–Kier alpha value is -0.670. The van der Waals surface area contributed by atoms with E-state index in [1.165, 1.54) is 0 Å². The molecule has 1 rings (SSSR count). The zero-order chi connectivity index (χ0) is 11.8. The summed E-state index contributed by atoms with van der Waals surface area (Å²) in [6.45, 7) is 0. The minimum atomic E-state index is -0.687. The molecule has 0 aromatic heterocycles. The van der Waals surface area contributed by atoms with Crippen molar-refractivity contribution >= 4 is 0 Å². The average Bonchev–Trinajstić information content (AvgIpc) is 2.22. The van der Waals surface area contributed by atoms with Crippen LogP contribution in [0.3, 0.4) is 0 Å². The van der Waals surface area contributed by atoms with Gasteiger partial charge in [-0.3, -0.25) is 10.1 Å². The summed E-state index contributed by atoms with van der Waals surface area (Å²) < 4.78 is 13.3. The van der Waals surface area contributed by atoms with Gasteiger partial charge in [0.05, 0.1) is 0 Å². The SMILES string of the molecule is O=[N+]([O-])C1CCCCCCC(F)CCCC1. The molecule has 0 N–H and O–H groups in total. The predicted octanol–water partition coefficient (Wildman–Crippen LogP) is 3.88. The van der Waals surface area contributed by atoms with Gasteiger partial charge in [-0.25, -0.2) is 4.39 Å². The first-order valence-corrected chi connectivity index (χ1v) is 6.47. The van der Waals surface area contributed by atoms with E-state index in [0.717, 1.165) is 38.5 Å². The summed E-state index contributed by atoms with van der Waals surface area (Å²) >= 11 is 0. The second-order valence-electron chi connectivity index (χ2n) is 4.81. The largest absolute Gasteiger partial charge is 0.264 e. The Kier molecular flexibility index (Phi) is 6.34. The molecule has 0 aromatic rings. The van der Waals surface area contributed by atoms with Crippen molar-refractivity contribution in [3.05, 3.63) is 10.1 Å². The second-order valence-corrected chi connectivity index (χ2v) is 4.81. The van der Waals surface area contributed by atoms with Crippen molar-refractivity contribution in [2.24, 2.45) is 0 Å². The van der Waals surface area contributed by atoms with Crippen LogP contribution >= 0.6 is 0 Å². The average molecular weight is 231 g/mol. The van der Waals surface area contributed by atoms with Gasteiger partial charge in [0.1, 0.15) is 6.17 Å². The molecule has 0 aliphatic heterocycles. The van der Waals surface area contributed by atoms with Crippen LogP contribution < -0.4 is 0 Å². The third-order valence-electron chi connectivity index (χ3n) is 3.41. The molecule has 1 aliphatic rings. The van der Waals surface area contributed by atoms with Crippen LogP contribution in [0.15, 0.2) is 0 Å². The van der Waals surface area contributed by atoms with E-state index in [1.807, 2.05) is 0 Å². The number of nitrogens with zero attached hydrogens (tertiary/aromatic N) is 1.